The number of aliphatic hydroxyl groups is 2. The SMILES string of the molecule is CCn1cc(-c2ccnc3[nH]c(-c4cccc(CO)c4)cc23)c(-c2ccc(N)cc2)n1.CCn1cc(-c2ccnc3[nH]c(-c4cccc(CO)c4)cc23)c(-c2ccc(NC(=O)N(C)C)cc2)n1. The summed E-state index contributed by atoms with van der Waals surface area (Å²) in [6.07, 6.45) is 7.76. The van der Waals surface area contributed by atoms with Crippen LogP contribution < -0.4 is 11.1 Å². The number of nitrogens with two attached hydrogens (primary N) is 1. The minimum atomic E-state index is -0.175. The van der Waals surface area contributed by atoms with Gasteiger partial charge in [0.15, 0.2) is 0 Å². The zero-order chi connectivity index (χ0) is 46.6. The number of H-pyrrole nitrogens is 2. The third-order valence-electron chi connectivity index (χ3n) is 11.7. The van der Waals surface area contributed by atoms with Crippen molar-refractivity contribution in [2.45, 2.75) is 40.2 Å². The van der Waals surface area contributed by atoms with E-state index in [9.17, 15) is 15.0 Å². The van der Waals surface area contributed by atoms with Crippen LogP contribution in [0.1, 0.15) is 25.0 Å². The summed E-state index contributed by atoms with van der Waals surface area (Å²) in [4.78, 5) is 29.4. The molecule has 0 unspecified atom stereocenters. The first-order valence-electron chi connectivity index (χ1n) is 22.1. The van der Waals surface area contributed by atoms with Crippen molar-refractivity contribution in [3.05, 3.63) is 157 Å². The minimum absolute atomic E-state index is 0.00521. The number of carbonyl (C=O) groups excluding carboxylic acids is 1. The Balaban J connectivity index is 0.000000170. The van der Waals surface area contributed by atoms with Crippen LogP contribution in [-0.2, 0) is 26.3 Å². The Kier molecular flexibility index (Phi) is 12.5. The fourth-order valence-electron chi connectivity index (χ4n) is 8.08. The van der Waals surface area contributed by atoms with Crippen molar-refractivity contribution >= 4 is 39.5 Å². The lowest BCUT2D eigenvalue weighted by atomic mass is 10.00. The Hall–Kier alpha value is -8.33. The monoisotopic (exact) mass is 889 g/mol. The molecule has 0 spiro atoms. The largest absolute Gasteiger partial charge is 0.399 e. The molecule has 4 aromatic carbocycles. The van der Waals surface area contributed by atoms with Gasteiger partial charge in [0.1, 0.15) is 22.7 Å². The van der Waals surface area contributed by atoms with E-state index in [1.54, 1.807) is 20.3 Å². The van der Waals surface area contributed by atoms with Gasteiger partial charge in [0.05, 0.1) is 13.2 Å². The van der Waals surface area contributed by atoms with Gasteiger partial charge in [-0.2, -0.15) is 10.2 Å². The molecule has 0 saturated heterocycles. The number of carbonyl (C=O) groups is 1. The maximum atomic E-state index is 12.0. The Morgan fingerprint density at radius 1 is 0.612 bits per heavy atom. The highest BCUT2D eigenvalue weighted by Crippen LogP contribution is 2.39. The number of amides is 2. The van der Waals surface area contributed by atoms with Gasteiger partial charge >= 0.3 is 6.03 Å². The van der Waals surface area contributed by atoms with Gasteiger partial charge in [-0.15, -0.1) is 0 Å². The van der Waals surface area contributed by atoms with Crippen molar-refractivity contribution in [2.75, 3.05) is 25.1 Å². The molecule has 0 aliphatic carbocycles. The van der Waals surface area contributed by atoms with Crippen molar-refractivity contribution < 1.29 is 15.0 Å². The van der Waals surface area contributed by atoms with Crippen LogP contribution in [0.3, 0.4) is 0 Å². The number of nitrogens with one attached hydrogen (secondary N) is 3. The minimum Gasteiger partial charge on any atom is -0.399 e. The Labute approximate surface area is 387 Å². The summed E-state index contributed by atoms with van der Waals surface area (Å²) in [6, 6.07) is 39.3. The lowest BCUT2D eigenvalue weighted by Gasteiger charge is -2.12. The molecule has 0 aliphatic rings. The van der Waals surface area contributed by atoms with Crippen LogP contribution in [0.25, 0.3) is 89.4 Å². The molecular formula is C53H51N11O3. The van der Waals surface area contributed by atoms with Gasteiger partial charge in [-0.1, -0.05) is 60.7 Å². The molecular weight excluding hydrogens is 839 g/mol. The maximum absolute atomic E-state index is 12.0. The molecule has 0 saturated carbocycles. The molecule has 6 aromatic heterocycles. The third kappa shape index (κ3) is 9.16. The predicted molar refractivity (Wildman–Crippen MR) is 267 cm³/mol. The van der Waals surface area contributed by atoms with Crippen LogP contribution in [0.15, 0.2) is 146 Å². The molecule has 14 nitrogen and oxygen atoms in total. The van der Waals surface area contributed by atoms with E-state index in [2.05, 4.69) is 63.6 Å². The second kappa shape index (κ2) is 19.0. The number of rotatable bonds is 11. The first-order chi connectivity index (χ1) is 32.6. The van der Waals surface area contributed by atoms with Gasteiger partial charge < -0.3 is 36.1 Å². The summed E-state index contributed by atoms with van der Waals surface area (Å²) in [7, 11) is 3.41. The molecule has 10 aromatic rings. The predicted octanol–water partition coefficient (Wildman–Crippen LogP) is 10.2. The quantitative estimate of drug-likeness (QED) is 0.0691. The number of fused-ring (bicyclic) bond motifs is 2. The smallest absolute Gasteiger partial charge is 0.321 e. The van der Waals surface area contributed by atoms with Crippen molar-refractivity contribution in [2.24, 2.45) is 0 Å². The van der Waals surface area contributed by atoms with Gasteiger partial charge in [-0.05, 0) is 108 Å². The van der Waals surface area contributed by atoms with Gasteiger partial charge in [0.2, 0.25) is 0 Å². The molecule has 0 fully saturated rings. The Bertz CT molecular complexity index is 3340. The molecule has 14 heteroatoms. The highest BCUT2D eigenvalue weighted by molar-refractivity contribution is 6.01. The summed E-state index contributed by atoms with van der Waals surface area (Å²) < 4.78 is 3.88. The van der Waals surface area contributed by atoms with E-state index >= 15 is 0 Å². The van der Waals surface area contributed by atoms with Crippen LogP contribution in [0, 0.1) is 0 Å². The molecule has 10 rings (SSSR count). The number of anilines is 2. The lowest BCUT2D eigenvalue weighted by Crippen LogP contribution is -2.27. The molecule has 2 amide bonds. The van der Waals surface area contributed by atoms with Crippen LogP contribution in [0.2, 0.25) is 0 Å². The molecule has 7 N–H and O–H groups in total. The second-order valence-corrected chi connectivity index (χ2v) is 16.3. The van der Waals surface area contributed by atoms with Crippen molar-refractivity contribution in [1.82, 2.24) is 44.4 Å². The highest BCUT2D eigenvalue weighted by Gasteiger charge is 2.20. The van der Waals surface area contributed by atoms with Crippen LogP contribution >= 0.6 is 0 Å². The van der Waals surface area contributed by atoms with Gasteiger partial charge in [0, 0.05) is 108 Å². The average Bonchev–Trinajstić information content (AvgIpc) is 4.19. The lowest BCUT2D eigenvalue weighted by molar-refractivity contribution is 0.230. The normalized spacial score (nSPS) is 11.2. The van der Waals surface area contributed by atoms with Crippen LogP contribution in [0.4, 0.5) is 16.2 Å². The second-order valence-electron chi connectivity index (χ2n) is 16.3. The molecule has 6 heterocycles. The number of pyridine rings is 2. The van der Waals surface area contributed by atoms with Crippen LogP contribution in [0.5, 0.6) is 0 Å². The highest BCUT2D eigenvalue weighted by atomic mass is 16.3. The number of aromatic nitrogens is 8. The molecule has 0 aliphatic heterocycles. The maximum Gasteiger partial charge on any atom is 0.321 e. The summed E-state index contributed by atoms with van der Waals surface area (Å²) >= 11 is 0. The number of urea groups is 1. The number of aliphatic hydroxyl groups excluding tert-OH is 2. The first-order valence-corrected chi connectivity index (χ1v) is 22.1. The molecule has 0 bridgehead atoms. The van der Waals surface area contributed by atoms with E-state index in [0.29, 0.717) is 0 Å². The number of nitrogens with zero attached hydrogens (tertiary/aromatic N) is 7. The molecule has 336 valence electrons. The zero-order valence-corrected chi connectivity index (χ0v) is 37.7. The van der Waals surface area contributed by atoms with E-state index in [1.807, 2.05) is 125 Å². The zero-order valence-electron chi connectivity index (χ0n) is 37.7. The Morgan fingerprint density at radius 3 is 1.51 bits per heavy atom. The summed E-state index contributed by atoms with van der Waals surface area (Å²) in [5.41, 5.74) is 22.5. The van der Waals surface area contributed by atoms with E-state index < -0.39 is 0 Å². The van der Waals surface area contributed by atoms with Gasteiger partial charge in [0.25, 0.3) is 0 Å². The van der Waals surface area contributed by atoms with Crippen molar-refractivity contribution in [3.63, 3.8) is 0 Å². The van der Waals surface area contributed by atoms with E-state index in [1.165, 1.54) is 4.90 Å². The van der Waals surface area contributed by atoms with Crippen molar-refractivity contribution in [1.29, 1.82) is 0 Å². The third-order valence-corrected chi connectivity index (χ3v) is 11.7. The fraction of sp³-hybridized carbons (Fsp3) is 0.151. The number of aryl methyl sites for hydroxylation is 2. The summed E-state index contributed by atoms with van der Waals surface area (Å²) in [5.74, 6) is 0. The number of hydrogen-bond acceptors (Lipinski definition) is 8. The topological polar surface area (TPSA) is 192 Å². The molecule has 0 atom stereocenters. The fourth-order valence-corrected chi connectivity index (χ4v) is 8.08. The first kappa shape index (κ1) is 43.9. The van der Waals surface area contributed by atoms with E-state index in [0.717, 1.165) is 125 Å². The van der Waals surface area contributed by atoms with Crippen molar-refractivity contribution in [3.8, 4) is 67.3 Å². The average molecular weight is 890 g/mol. The summed E-state index contributed by atoms with van der Waals surface area (Å²) in [6.45, 7) is 5.67. The van der Waals surface area contributed by atoms with E-state index in [-0.39, 0.29) is 19.2 Å². The standard InChI is InChI=1S/C28H28N6O2.C25H23N5O/c1-4-34-16-24(26(32-34)19-8-10-21(11-9-19)30-28(36)33(2)3)22-12-13-29-27-23(22)15-25(31-27)20-7-5-6-18(14-20)17-35;1-2-30-14-22(24(29-30)17-6-8-19(26)9-7-17)20-10-11-27-25-21(20)13-23(28-25)18-5-3-4-16(12-18)15-31/h5-16,35H,4,17H2,1-3H3,(H,29,31)(H,30,36);3-14,31H,2,15,26H2,1H3,(H,27,28). The van der Waals surface area contributed by atoms with Crippen LogP contribution in [-0.4, -0.2) is 74.7 Å². The number of hydrogen-bond donors (Lipinski definition) is 6. The Morgan fingerprint density at radius 2 is 1.07 bits per heavy atom. The molecule has 67 heavy (non-hydrogen) atoms. The van der Waals surface area contributed by atoms with Gasteiger partial charge in [-0.25, -0.2) is 14.8 Å². The number of nitrogen functional groups attached to an aromatic ring is 1. The van der Waals surface area contributed by atoms with Gasteiger partial charge in [-0.3, -0.25) is 9.36 Å². The van der Waals surface area contributed by atoms with E-state index in [4.69, 9.17) is 15.9 Å². The number of aromatic amines is 2. The number of benzene rings is 4. The molecule has 0 radical (unpaired) electrons. The summed E-state index contributed by atoms with van der Waals surface area (Å²) in [5, 5.41) is 33.6.